The number of aliphatic hydroxyl groups is 1. The van der Waals surface area contributed by atoms with E-state index in [1.807, 2.05) is 42.3 Å². The molecule has 128 valence electrons. The lowest BCUT2D eigenvalue weighted by molar-refractivity contribution is 0.112. The molecule has 0 atom stereocenters. The number of aliphatic hydroxyl groups excluding tert-OH is 1. The third-order valence-corrected chi connectivity index (χ3v) is 5.56. The average molecular weight is 466 g/mol. The van der Waals surface area contributed by atoms with Crippen LogP contribution < -0.4 is 0 Å². The Bertz CT molecular complexity index is 1060. The van der Waals surface area contributed by atoms with Gasteiger partial charge in [-0.15, -0.1) is 0 Å². The van der Waals surface area contributed by atoms with Crippen LogP contribution in [0.5, 0.6) is 0 Å². The maximum absolute atomic E-state index is 11.1. The molecule has 0 unspecified atom stereocenters. The van der Waals surface area contributed by atoms with Crippen LogP contribution in [0.1, 0.15) is 10.4 Å². The van der Waals surface area contributed by atoms with Crippen molar-refractivity contribution >= 4 is 58.5 Å². The molecule has 0 spiro atoms. The van der Waals surface area contributed by atoms with Gasteiger partial charge in [0.05, 0.1) is 17.4 Å². The molecule has 0 amide bonds. The second-order valence-electron chi connectivity index (χ2n) is 5.20. The highest BCUT2D eigenvalue weighted by molar-refractivity contribution is 14.2. The molecule has 0 bridgehead atoms. The highest BCUT2D eigenvalue weighted by Gasteiger charge is 2.16. The summed E-state index contributed by atoms with van der Waals surface area (Å²) >= 11 is 2.25. The smallest absolute Gasteiger partial charge is 0.153 e. The first-order valence-electron chi connectivity index (χ1n) is 7.34. The van der Waals surface area contributed by atoms with Crippen LogP contribution in [-0.2, 0) is 7.05 Å². The van der Waals surface area contributed by atoms with Crippen LogP contribution >= 0.6 is 30.3 Å². The van der Waals surface area contributed by atoms with Gasteiger partial charge in [0.2, 0.25) is 0 Å². The van der Waals surface area contributed by atoms with Crippen molar-refractivity contribution in [3.63, 3.8) is 0 Å². The molecule has 8 heteroatoms. The number of rotatable bonds is 3. The van der Waals surface area contributed by atoms with Gasteiger partial charge in [0.15, 0.2) is 5.65 Å². The predicted molar refractivity (Wildman–Crippen MR) is 110 cm³/mol. The van der Waals surface area contributed by atoms with Crippen molar-refractivity contribution in [2.24, 2.45) is 7.05 Å². The summed E-state index contributed by atoms with van der Waals surface area (Å²) in [6.45, 7) is 0. The fraction of sp³-hybridized carbons (Fsp3) is 0.118. The zero-order valence-corrected chi connectivity index (χ0v) is 16.5. The summed E-state index contributed by atoms with van der Waals surface area (Å²) in [5.74, 6) is 0. The first kappa shape index (κ1) is 17.9. The van der Waals surface area contributed by atoms with Crippen LogP contribution in [0.4, 0.5) is 0 Å². The van der Waals surface area contributed by atoms with Crippen molar-refractivity contribution in [2.75, 3.05) is 7.11 Å². The SMILES string of the molecule is CO.Cn1ncc2cnc3c(cc(-c4cccc(C=O)c4)n3SI)c21. The molecule has 4 rings (SSSR count). The van der Waals surface area contributed by atoms with E-state index in [2.05, 4.69) is 41.3 Å². The Kier molecular flexibility index (Phi) is 5.40. The lowest BCUT2D eigenvalue weighted by Crippen LogP contribution is -1.92. The molecule has 0 saturated carbocycles. The lowest BCUT2D eigenvalue weighted by atomic mass is 10.1. The number of carbonyl (C=O) groups excluding carboxylic acids is 1. The van der Waals surface area contributed by atoms with E-state index in [0.29, 0.717) is 5.56 Å². The number of hydrogen-bond acceptors (Lipinski definition) is 5. The van der Waals surface area contributed by atoms with Gasteiger partial charge < -0.3 is 5.11 Å². The summed E-state index contributed by atoms with van der Waals surface area (Å²) < 4.78 is 3.94. The van der Waals surface area contributed by atoms with Crippen molar-refractivity contribution in [1.82, 2.24) is 18.7 Å². The number of benzene rings is 1. The molecule has 3 aromatic heterocycles. The highest BCUT2D eigenvalue weighted by Crippen LogP contribution is 2.36. The second kappa shape index (κ2) is 7.54. The third kappa shape index (κ3) is 3.05. The minimum Gasteiger partial charge on any atom is -0.400 e. The van der Waals surface area contributed by atoms with E-state index < -0.39 is 0 Å². The van der Waals surface area contributed by atoms with Gasteiger partial charge in [-0.25, -0.2) is 4.98 Å². The van der Waals surface area contributed by atoms with Gasteiger partial charge in [-0.2, -0.15) is 5.10 Å². The molecule has 4 aromatic rings. The Hall–Kier alpha value is -1.91. The molecule has 1 N–H and O–H groups in total. The Morgan fingerprint density at radius 2 is 2.04 bits per heavy atom. The van der Waals surface area contributed by atoms with E-state index in [4.69, 9.17) is 5.11 Å². The van der Waals surface area contributed by atoms with Gasteiger partial charge in [0, 0.05) is 67.0 Å². The van der Waals surface area contributed by atoms with Crippen LogP contribution in [-0.4, -0.2) is 37.2 Å². The number of pyridine rings is 1. The highest BCUT2D eigenvalue weighted by atomic mass is 127. The van der Waals surface area contributed by atoms with Gasteiger partial charge in [0.1, 0.15) is 6.29 Å². The largest absolute Gasteiger partial charge is 0.400 e. The van der Waals surface area contributed by atoms with Gasteiger partial charge in [-0.1, -0.05) is 18.2 Å². The van der Waals surface area contributed by atoms with Crippen molar-refractivity contribution in [3.05, 3.63) is 48.3 Å². The third-order valence-electron chi connectivity index (χ3n) is 3.87. The van der Waals surface area contributed by atoms with E-state index >= 15 is 0 Å². The van der Waals surface area contributed by atoms with Crippen molar-refractivity contribution < 1.29 is 9.90 Å². The molecular formula is C17H15IN4O2S. The zero-order valence-electron chi connectivity index (χ0n) is 13.5. The van der Waals surface area contributed by atoms with E-state index in [1.165, 1.54) is 0 Å². The Morgan fingerprint density at radius 1 is 1.24 bits per heavy atom. The number of halogens is 1. The minimum atomic E-state index is 0.663. The Labute approximate surface area is 160 Å². The number of hydrogen-bond donors (Lipinski definition) is 1. The minimum absolute atomic E-state index is 0.663. The van der Waals surface area contributed by atoms with Crippen LogP contribution in [0.2, 0.25) is 0 Å². The summed E-state index contributed by atoms with van der Waals surface area (Å²) in [6.07, 6.45) is 4.54. The molecule has 0 aliphatic rings. The van der Waals surface area contributed by atoms with Gasteiger partial charge in [0.25, 0.3) is 0 Å². The first-order chi connectivity index (χ1) is 12.2. The molecule has 0 aliphatic heterocycles. The molecule has 0 aliphatic carbocycles. The summed E-state index contributed by atoms with van der Waals surface area (Å²) in [4.78, 5) is 15.7. The topological polar surface area (TPSA) is 72.9 Å². The van der Waals surface area contributed by atoms with E-state index in [0.717, 1.165) is 46.6 Å². The Balaban J connectivity index is 0.000000880. The van der Waals surface area contributed by atoms with Gasteiger partial charge >= 0.3 is 0 Å². The maximum atomic E-state index is 11.1. The molecule has 6 nitrogen and oxygen atoms in total. The summed E-state index contributed by atoms with van der Waals surface area (Å²) in [5.41, 5.74) is 4.63. The van der Waals surface area contributed by atoms with E-state index in [1.54, 1.807) is 15.2 Å². The fourth-order valence-electron chi connectivity index (χ4n) is 2.83. The fourth-order valence-corrected chi connectivity index (χ4v) is 4.47. The van der Waals surface area contributed by atoms with Crippen LogP contribution in [0, 0.1) is 0 Å². The van der Waals surface area contributed by atoms with Crippen molar-refractivity contribution in [2.45, 2.75) is 0 Å². The zero-order chi connectivity index (χ0) is 18.0. The standard InChI is InChI=1S/C16H11IN4OS.CH4O/c1-20-15-12(8-19-20)7-18-16-13(15)6-14(21(16)23-17)11-4-2-3-10(5-11)9-22;1-2/h2-9H,1H3;2H,1H3. The van der Waals surface area contributed by atoms with Gasteiger partial charge in [-0.05, 0) is 17.7 Å². The van der Waals surface area contributed by atoms with Crippen molar-refractivity contribution in [1.29, 1.82) is 0 Å². The summed E-state index contributed by atoms with van der Waals surface area (Å²) in [6, 6.07) is 9.71. The number of carbonyl (C=O) groups is 1. The van der Waals surface area contributed by atoms with Crippen LogP contribution in [0.15, 0.2) is 42.7 Å². The molecule has 1 aromatic carbocycles. The predicted octanol–water partition coefficient (Wildman–Crippen LogP) is 3.86. The second-order valence-corrected chi connectivity index (χ2v) is 6.89. The number of aryl methyl sites for hydroxylation is 1. The number of aldehydes is 1. The van der Waals surface area contributed by atoms with E-state index in [9.17, 15) is 4.79 Å². The average Bonchev–Trinajstić information content (AvgIpc) is 3.23. The maximum Gasteiger partial charge on any atom is 0.153 e. The molecule has 3 heterocycles. The summed E-state index contributed by atoms with van der Waals surface area (Å²) in [5, 5.41) is 13.4. The molecule has 0 radical (unpaired) electrons. The van der Waals surface area contributed by atoms with E-state index in [-0.39, 0.29) is 0 Å². The lowest BCUT2D eigenvalue weighted by Gasteiger charge is -2.05. The summed E-state index contributed by atoms with van der Waals surface area (Å²) in [7, 11) is 4.50. The number of fused-ring (bicyclic) bond motifs is 3. The molecule has 25 heavy (non-hydrogen) atoms. The van der Waals surface area contributed by atoms with Crippen LogP contribution in [0.3, 0.4) is 0 Å². The normalized spacial score (nSPS) is 10.7. The Morgan fingerprint density at radius 3 is 2.76 bits per heavy atom. The first-order valence-corrected chi connectivity index (χ1v) is 10.7. The quantitative estimate of drug-likeness (QED) is 0.367. The van der Waals surface area contributed by atoms with Crippen molar-refractivity contribution in [3.8, 4) is 11.3 Å². The number of nitrogens with zero attached hydrogens (tertiary/aromatic N) is 4. The molecular weight excluding hydrogens is 451 g/mol. The van der Waals surface area contributed by atoms with Crippen LogP contribution in [0.25, 0.3) is 33.2 Å². The number of aromatic nitrogens is 4. The van der Waals surface area contributed by atoms with Gasteiger partial charge in [-0.3, -0.25) is 13.4 Å². The monoisotopic (exact) mass is 466 g/mol. The molecule has 0 saturated heterocycles. The molecule has 0 fully saturated rings.